The molecule has 0 spiro atoms. The lowest BCUT2D eigenvalue weighted by Gasteiger charge is -2.19. The first-order chi connectivity index (χ1) is 12.9. The van der Waals surface area contributed by atoms with E-state index in [4.69, 9.17) is 35.4 Å². The van der Waals surface area contributed by atoms with Gasteiger partial charge in [0.25, 0.3) is 0 Å². The van der Waals surface area contributed by atoms with Gasteiger partial charge >= 0.3 is 0 Å². The number of amides is 1. The molecule has 0 atom stereocenters. The highest BCUT2D eigenvalue weighted by atomic mass is 35.5. The molecule has 8 heteroatoms. The van der Waals surface area contributed by atoms with Gasteiger partial charge < -0.3 is 4.90 Å². The fourth-order valence-corrected chi connectivity index (χ4v) is 3.32. The van der Waals surface area contributed by atoms with E-state index in [0.29, 0.717) is 27.2 Å². The number of aromatic amines is 1. The molecule has 0 fully saturated rings. The largest absolute Gasteiger partial charge is 0.340 e. The number of aromatic nitrogens is 3. The van der Waals surface area contributed by atoms with Crippen molar-refractivity contribution in [2.45, 2.75) is 20.0 Å². The number of likely N-dealkylation sites (N-methyl/N-ethyl adjacent to an activating group) is 1. The molecule has 1 amide bonds. The van der Waals surface area contributed by atoms with Crippen molar-refractivity contribution >= 4 is 41.3 Å². The van der Waals surface area contributed by atoms with Crippen molar-refractivity contribution in [1.82, 2.24) is 19.7 Å². The van der Waals surface area contributed by atoms with Crippen LogP contribution >= 0.6 is 35.4 Å². The van der Waals surface area contributed by atoms with Gasteiger partial charge in [0, 0.05) is 19.2 Å². The number of benzene rings is 2. The van der Waals surface area contributed by atoms with Gasteiger partial charge in [-0.25, -0.2) is 0 Å². The maximum absolute atomic E-state index is 12.8. The zero-order valence-corrected chi connectivity index (χ0v) is 17.2. The van der Waals surface area contributed by atoms with Crippen LogP contribution in [0.4, 0.5) is 0 Å². The topological polar surface area (TPSA) is 53.9 Å². The van der Waals surface area contributed by atoms with Crippen LogP contribution in [-0.2, 0) is 17.9 Å². The molecular formula is C19H18Cl2N4OS. The summed E-state index contributed by atoms with van der Waals surface area (Å²) >= 11 is 17.6. The summed E-state index contributed by atoms with van der Waals surface area (Å²) in [6.07, 6.45) is 0. The molecule has 140 valence electrons. The van der Waals surface area contributed by atoms with Crippen LogP contribution in [0.1, 0.15) is 11.1 Å². The Morgan fingerprint density at radius 1 is 1.26 bits per heavy atom. The van der Waals surface area contributed by atoms with Crippen LogP contribution in [-0.4, -0.2) is 32.6 Å². The third-order valence-electron chi connectivity index (χ3n) is 4.19. The van der Waals surface area contributed by atoms with Gasteiger partial charge in [-0.05, 0) is 36.8 Å². The van der Waals surface area contributed by atoms with Crippen LogP contribution < -0.4 is 0 Å². The van der Waals surface area contributed by atoms with E-state index in [1.54, 1.807) is 22.6 Å². The zero-order valence-electron chi connectivity index (χ0n) is 14.9. The number of hydrogen-bond acceptors (Lipinski definition) is 3. The van der Waals surface area contributed by atoms with Crippen molar-refractivity contribution in [1.29, 1.82) is 0 Å². The highest BCUT2D eigenvalue weighted by molar-refractivity contribution is 7.71. The van der Waals surface area contributed by atoms with E-state index >= 15 is 0 Å². The third-order valence-corrected chi connectivity index (χ3v) is 5.36. The summed E-state index contributed by atoms with van der Waals surface area (Å²) in [6.45, 7) is 2.43. The van der Waals surface area contributed by atoms with E-state index in [9.17, 15) is 4.79 Å². The Labute approximate surface area is 172 Å². The SMILES string of the molecule is Cc1cccc(-c2n[nH]c(=S)n2CC(=O)N(C)Cc2cccc(Cl)c2Cl)c1. The Kier molecular flexibility index (Phi) is 5.99. The van der Waals surface area contributed by atoms with Crippen LogP contribution in [0.3, 0.4) is 0 Å². The van der Waals surface area contributed by atoms with Crippen LogP contribution in [0.5, 0.6) is 0 Å². The smallest absolute Gasteiger partial charge is 0.242 e. The molecule has 0 saturated carbocycles. The first kappa shape index (κ1) is 19.6. The van der Waals surface area contributed by atoms with Gasteiger partial charge in [-0.3, -0.25) is 14.5 Å². The van der Waals surface area contributed by atoms with E-state index < -0.39 is 0 Å². The first-order valence-electron chi connectivity index (χ1n) is 8.26. The number of H-pyrrole nitrogens is 1. The minimum atomic E-state index is -0.113. The van der Waals surface area contributed by atoms with Crippen LogP contribution in [0.15, 0.2) is 42.5 Å². The summed E-state index contributed by atoms with van der Waals surface area (Å²) in [5.74, 6) is 0.517. The number of carbonyl (C=O) groups excluding carboxylic acids is 1. The summed E-state index contributed by atoms with van der Waals surface area (Å²) in [7, 11) is 1.72. The Balaban J connectivity index is 1.81. The van der Waals surface area contributed by atoms with Gasteiger partial charge in [0.1, 0.15) is 6.54 Å². The van der Waals surface area contributed by atoms with E-state index in [2.05, 4.69) is 10.2 Å². The number of halogens is 2. The van der Waals surface area contributed by atoms with Gasteiger partial charge in [0.2, 0.25) is 5.91 Å². The normalized spacial score (nSPS) is 10.8. The van der Waals surface area contributed by atoms with Crippen molar-refractivity contribution in [2.24, 2.45) is 0 Å². The highest BCUT2D eigenvalue weighted by Crippen LogP contribution is 2.26. The molecule has 0 aliphatic rings. The lowest BCUT2D eigenvalue weighted by molar-refractivity contribution is -0.131. The Morgan fingerprint density at radius 2 is 2.00 bits per heavy atom. The Morgan fingerprint density at radius 3 is 2.74 bits per heavy atom. The van der Waals surface area contributed by atoms with Crippen molar-refractivity contribution in [3.63, 3.8) is 0 Å². The third kappa shape index (κ3) is 4.40. The second-order valence-corrected chi connectivity index (χ2v) is 7.44. The van der Waals surface area contributed by atoms with E-state index in [1.807, 2.05) is 43.3 Å². The molecule has 0 aliphatic heterocycles. The van der Waals surface area contributed by atoms with Gasteiger partial charge in [-0.1, -0.05) is 59.1 Å². The molecule has 5 nitrogen and oxygen atoms in total. The van der Waals surface area contributed by atoms with Crippen LogP contribution in [0, 0.1) is 11.7 Å². The molecule has 0 aliphatic carbocycles. The van der Waals surface area contributed by atoms with Gasteiger partial charge in [-0.15, -0.1) is 0 Å². The quantitative estimate of drug-likeness (QED) is 0.598. The van der Waals surface area contributed by atoms with Gasteiger partial charge in [0.15, 0.2) is 10.6 Å². The summed E-state index contributed by atoms with van der Waals surface area (Å²) in [5, 5.41) is 7.98. The predicted octanol–water partition coefficient (Wildman–Crippen LogP) is 4.88. The number of aryl methyl sites for hydroxylation is 1. The molecule has 2 aromatic carbocycles. The monoisotopic (exact) mass is 420 g/mol. The van der Waals surface area contributed by atoms with E-state index in [-0.39, 0.29) is 12.5 Å². The number of hydrogen-bond donors (Lipinski definition) is 1. The number of nitrogens with one attached hydrogen (secondary N) is 1. The molecule has 27 heavy (non-hydrogen) atoms. The second kappa shape index (κ2) is 8.25. The lowest BCUT2D eigenvalue weighted by Crippen LogP contribution is -2.30. The maximum Gasteiger partial charge on any atom is 0.242 e. The van der Waals surface area contributed by atoms with Crippen molar-refractivity contribution < 1.29 is 4.79 Å². The van der Waals surface area contributed by atoms with Crippen molar-refractivity contribution in [3.8, 4) is 11.4 Å². The number of rotatable bonds is 5. The Bertz CT molecular complexity index is 1040. The van der Waals surface area contributed by atoms with Crippen LogP contribution in [0.2, 0.25) is 10.0 Å². The molecule has 3 aromatic rings. The van der Waals surface area contributed by atoms with Crippen LogP contribution in [0.25, 0.3) is 11.4 Å². The van der Waals surface area contributed by atoms with Crippen molar-refractivity contribution in [3.05, 3.63) is 68.4 Å². The molecule has 0 bridgehead atoms. The molecule has 0 radical (unpaired) electrons. The fraction of sp³-hybridized carbons (Fsp3) is 0.211. The average Bonchev–Trinajstić information content (AvgIpc) is 2.99. The highest BCUT2D eigenvalue weighted by Gasteiger charge is 2.17. The average molecular weight is 421 g/mol. The molecule has 3 rings (SSSR count). The van der Waals surface area contributed by atoms with Gasteiger partial charge in [-0.2, -0.15) is 5.10 Å². The Hall–Kier alpha value is -2.15. The minimum absolute atomic E-state index is 0.0767. The first-order valence-corrected chi connectivity index (χ1v) is 9.42. The summed E-state index contributed by atoms with van der Waals surface area (Å²) in [6, 6.07) is 13.3. The summed E-state index contributed by atoms with van der Waals surface area (Å²) in [4.78, 5) is 14.3. The minimum Gasteiger partial charge on any atom is -0.340 e. The number of carbonyl (C=O) groups is 1. The van der Waals surface area contributed by atoms with Gasteiger partial charge in [0.05, 0.1) is 10.0 Å². The maximum atomic E-state index is 12.8. The number of nitrogens with zero attached hydrogens (tertiary/aromatic N) is 3. The lowest BCUT2D eigenvalue weighted by atomic mass is 10.1. The molecule has 1 aromatic heterocycles. The molecule has 1 heterocycles. The molecule has 1 N–H and O–H groups in total. The standard InChI is InChI=1S/C19H18Cl2N4OS/c1-12-5-3-6-13(9-12)18-22-23-19(27)25(18)11-16(26)24(2)10-14-7-4-8-15(20)17(14)21/h3-9H,10-11H2,1-2H3,(H,23,27). The van der Waals surface area contributed by atoms with E-state index in [1.165, 1.54) is 0 Å². The summed E-state index contributed by atoms with van der Waals surface area (Å²) in [5.41, 5.74) is 2.79. The predicted molar refractivity (Wildman–Crippen MR) is 111 cm³/mol. The van der Waals surface area contributed by atoms with Crippen molar-refractivity contribution in [2.75, 3.05) is 7.05 Å². The van der Waals surface area contributed by atoms with E-state index in [0.717, 1.165) is 16.7 Å². The zero-order chi connectivity index (χ0) is 19.6. The fourth-order valence-electron chi connectivity index (χ4n) is 2.74. The second-order valence-electron chi connectivity index (χ2n) is 6.27. The summed E-state index contributed by atoms with van der Waals surface area (Å²) < 4.78 is 2.09. The molecule has 0 saturated heterocycles. The molecular weight excluding hydrogens is 403 g/mol. The molecule has 0 unspecified atom stereocenters.